The number of carbonyl (C=O) groups excluding carboxylic acids is 1. The van der Waals surface area contributed by atoms with Crippen LogP contribution in [0.2, 0.25) is 0 Å². The third-order valence-electron chi connectivity index (χ3n) is 7.50. The summed E-state index contributed by atoms with van der Waals surface area (Å²) in [6, 6.07) is 15.1. The molecule has 1 saturated heterocycles. The second-order valence-electron chi connectivity index (χ2n) is 10.5. The van der Waals surface area contributed by atoms with Crippen LogP contribution < -0.4 is 10.3 Å². The highest BCUT2D eigenvalue weighted by Gasteiger charge is 2.58. The van der Waals surface area contributed by atoms with E-state index in [0.29, 0.717) is 11.2 Å². The lowest BCUT2D eigenvalue weighted by molar-refractivity contribution is -0.152. The van der Waals surface area contributed by atoms with Crippen molar-refractivity contribution in [2.24, 2.45) is 5.92 Å². The van der Waals surface area contributed by atoms with Gasteiger partial charge in [-0.3, -0.25) is 9.32 Å². The number of benzene rings is 1. The first-order valence-electron chi connectivity index (χ1n) is 13.5. The van der Waals surface area contributed by atoms with Crippen LogP contribution in [0.3, 0.4) is 0 Å². The predicted octanol–water partition coefficient (Wildman–Crippen LogP) is 3.17. The van der Waals surface area contributed by atoms with Gasteiger partial charge >= 0.3 is 13.6 Å². The van der Waals surface area contributed by atoms with Crippen LogP contribution >= 0.6 is 7.60 Å². The highest BCUT2D eigenvalue weighted by atomic mass is 31.2. The fraction of sp³-hybridized carbons (Fsp3) is 0.464. The number of aromatic nitrogens is 2. The number of fused-ring (bicyclic) bond motifs is 1. The number of nitrogens with two attached hydrogens (primary N) is 1. The van der Waals surface area contributed by atoms with Crippen LogP contribution in [-0.4, -0.2) is 63.0 Å². The molecule has 218 valence electrons. The summed E-state index contributed by atoms with van der Waals surface area (Å²) in [6.07, 6.45) is 0.00896. The number of aliphatic hydroxyl groups is 2. The largest absolute Gasteiger partial charge is 0.462 e. The zero-order chi connectivity index (χ0) is 29.2. The first kappa shape index (κ1) is 29.0. The number of aliphatic hydroxyl groups excluding tert-OH is 2. The van der Waals surface area contributed by atoms with Crippen LogP contribution in [0.1, 0.15) is 38.3 Å². The maximum absolute atomic E-state index is 14.0. The van der Waals surface area contributed by atoms with Gasteiger partial charge in [0, 0.05) is 6.20 Å². The molecule has 6 atom stereocenters. The van der Waals surface area contributed by atoms with Gasteiger partial charge in [0.2, 0.25) is 5.60 Å². The van der Waals surface area contributed by atoms with E-state index < -0.39 is 50.0 Å². The van der Waals surface area contributed by atoms with Crippen LogP contribution in [0.25, 0.3) is 5.52 Å². The summed E-state index contributed by atoms with van der Waals surface area (Å²) in [5.74, 6) is -1.05. The van der Waals surface area contributed by atoms with Crippen molar-refractivity contribution < 1.29 is 38.1 Å². The molecule has 1 aromatic carbocycles. The summed E-state index contributed by atoms with van der Waals surface area (Å²) in [5, 5.41) is 36.3. The minimum atomic E-state index is -4.04. The average molecular weight is 585 g/mol. The van der Waals surface area contributed by atoms with E-state index in [-0.39, 0.29) is 23.7 Å². The Bertz CT molecular complexity index is 1470. The fourth-order valence-electron chi connectivity index (χ4n) is 5.28. The van der Waals surface area contributed by atoms with Crippen LogP contribution in [-0.2, 0) is 29.0 Å². The molecule has 4 N–H and O–H groups in total. The number of esters is 1. The normalized spacial score (nSPS) is 26.8. The van der Waals surface area contributed by atoms with E-state index in [2.05, 4.69) is 5.10 Å². The van der Waals surface area contributed by atoms with Crippen molar-refractivity contribution in [2.45, 2.75) is 62.6 Å². The highest BCUT2D eigenvalue weighted by Crippen LogP contribution is 2.51. The van der Waals surface area contributed by atoms with E-state index in [9.17, 15) is 24.8 Å². The number of hydrogen-bond donors (Lipinski definition) is 3. The van der Waals surface area contributed by atoms with E-state index in [0.717, 1.165) is 25.7 Å². The van der Waals surface area contributed by atoms with E-state index in [1.807, 2.05) is 6.07 Å². The maximum Gasteiger partial charge on any atom is 0.380 e. The molecule has 0 bridgehead atoms. The third-order valence-corrected chi connectivity index (χ3v) is 9.53. The molecule has 2 aliphatic rings. The molecule has 1 aliphatic heterocycles. The second kappa shape index (κ2) is 11.8. The third kappa shape index (κ3) is 5.82. The van der Waals surface area contributed by atoms with Gasteiger partial charge in [-0.2, -0.15) is 10.4 Å². The lowest BCUT2D eigenvalue weighted by Gasteiger charge is -2.25. The molecule has 0 radical (unpaired) electrons. The Balaban J connectivity index is 1.35. The van der Waals surface area contributed by atoms with Crippen LogP contribution in [0.4, 0.5) is 5.69 Å². The molecule has 12 nitrogen and oxygen atoms in total. The Hall–Kier alpha value is -3.46. The Morgan fingerprint density at radius 3 is 2.68 bits per heavy atom. The average Bonchev–Trinajstić information content (AvgIpc) is 3.69. The first-order chi connectivity index (χ1) is 19.7. The fourth-order valence-corrected chi connectivity index (χ4v) is 7.15. The Labute approximate surface area is 237 Å². The summed E-state index contributed by atoms with van der Waals surface area (Å²) in [7, 11) is -4.04. The Morgan fingerprint density at radius 2 is 1.98 bits per heavy atom. The van der Waals surface area contributed by atoms with Crippen molar-refractivity contribution >= 4 is 24.8 Å². The predicted molar refractivity (Wildman–Crippen MR) is 147 cm³/mol. The highest BCUT2D eigenvalue weighted by molar-refractivity contribution is 7.54. The van der Waals surface area contributed by atoms with Gasteiger partial charge in [0.1, 0.15) is 36.2 Å². The summed E-state index contributed by atoms with van der Waals surface area (Å²) >= 11 is 0. The number of carbonyl (C=O) groups is 1. The van der Waals surface area contributed by atoms with Crippen LogP contribution in [0.5, 0.6) is 5.75 Å². The molecule has 13 heteroatoms. The molecule has 2 aromatic heterocycles. The van der Waals surface area contributed by atoms with Crippen LogP contribution in [0, 0.1) is 17.2 Å². The van der Waals surface area contributed by atoms with Crippen LogP contribution in [0.15, 0.2) is 54.7 Å². The number of ether oxygens (including phenoxy) is 2. The molecule has 1 aliphatic carbocycles. The van der Waals surface area contributed by atoms with E-state index >= 15 is 0 Å². The summed E-state index contributed by atoms with van der Waals surface area (Å²) in [4.78, 5) is 12.8. The number of nitrogens with zero attached hydrogens (tertiary/aromatic N) is 3. The topological polar surface area (TPSA) is 179 Å². The van der Waals surface area contributed by atoms with Crippen molar-refractivity contribution in [3.05, 3.63) is 60.4 Å². The monoisotopic (exact) mass is 584 g/mol. The lowest BCUT2D eigenvalue weighted by atomic mass is 9.92. The van der Waals surface area contributed by atoms with Crippen molar-refractivity contribution in [3.8, 4) is 11.8 Å². The van der Waals surface area contributed by atoms with Crippen molar-refractivity contribution in [2.75, 3.05) is 18.5 Å². The molecular formula is C28H33N4O8P. The SMILES string of the molecule is C[C@H](CP(=O)(OC[C@H]1O[C@@](C#N)(c2ccc3c(N)ccnn23)[C@H](O)[C@@H]1O)Oc1ccccc1)C(=O)OC1CCCC1. The minimum Gasteiger partial charge on any atom is -0.462 e. The first-order valence-corrected chi connectivity index (χ1v) is 15.3. The number of rotatable bonds is 10. The maximum atomic E-state index is 14.0. The molecule has 1 saturated carbocycles. The molecule has 2 fully saturated rings. The Morgan fingerprint density at radius 1 is 1.24 bits per heavy atom. The zero-order valence-corrected chi connectivity index (χ0v) is 23.4. The number of anilines is 1. The number of hydrogen-bond acceptors (Lipinski definition) is 11. The van der Waals surface area contributed by atoms with Gasteiger partial charge in [0.25, 0.3) is 0 Å². The van der Waals surface area contributed by atoms with Gasteiger partial charge in [-0.05, 0) is 56.0 Å². The van der Waals surface area contributed by atoms with Crippen molar-refractivity contribution in [1.82, 2.24) is 9.61 Å². The van der Waals surface area contributed by atoms with Gasteiger partial charge in [-0.1, -0.05) is 25.1 Å². The lowest BCUT2D eigenvalue weighted by Crippen LogP contribution is -2.41. The second-order valence-corrected chi connectivity index (χ2v) is 12.5. The van der Waals surface area contributed by atoms with Gasteiger partial charge in [0.05, 0.1) is 35.6 Å². The molecule has 5 rings (SSSR count). The summed E-state index contributed by atoms with van der Waals surface area (Å²) in [6.45, 7) is 1.08. The van der Waals surface area contributed by atoms with Gasteiger partial charge in [0.15, 0.2) is 0 Å². The molecule has 1 unspecified atom stereocenters. The van der Waals surface area contributed by atoms with Crippen molar-refractivity contribution in [3.63, 3.8) is 0 Å². The number of nitriles is 1. The quantitative estimate of drug-likeness (QED) is 0.235. The molecule has 3 aromatic rings. The standard InChI is InChI=1S/C28H33N4O8P/c1-18(27(35)38-19-7-5-6-8-19)16-41(36,40-20-9-3-2-4-10-20)37-15-23-25(33)26(34)28(17-29,39-23)24-12-11-22-21(30)13-14-31-32(22)24/h2-4,9-14,18-19,23,25-26,33-34H,5-8,15-16,30H2,1H3/t18-,23-,25-,26-,28+,41?/m1/s1. The van der Waals surface area contributed by atoms with E-state index in [4.69, 9.17) is 24.3 Å². The molecule has 0 amide bonds. The zero-order valence-electron chi connectivity index (χ0n) is 22.5. The number of nitrogen functional groups attached to an aromatic ring is 1. The molecule has 0 spiro atoms. The molecule has 3 heterocycles. The minimum absolute atomic E-state index is 0.155. The smallest absolute Gasteiger partial charge is 0.380 e. The molecule has 41 heavy (non-hydrogen) atoms. The van der Waals surface area contributed by atoms with Crippen molar-refractivity contribution in [1.29, 1.82) is 5.26 Å². The van der Waals surface area contributed by atoms with Gasteiger partial charge in [-0.15, -0.1) is 0 Å². The Kier molecular flexibility index (Phi) is 8.36. The van der Waals surface area contributed by atoms with E-state index in [1.54, 1.807) is 49.4 Å². The van der Waals surface area contributed by atoms with Gasteiger partial charge in [-0.25, -0.2) is 9.08 Å². The van der Waals surface area contributed by atoms with Gasteiger partial charge < -0.3 is 29.9 Å². The summed E-state index contributed by atoms with van der Waals surface area (Å²) in [5.41, 5.74) is 5.03. The molecular weight excluding hydrogens is 551 g/mol. The summed E-state index contributed by atoms with van der Waals surface area (Å²) < 4.78 is 38.4. The van der Waals surface area contributed by atoms with E-state index in [1.165, 1.54) is 16.8 Å². The number of para-hydroxylation sites is 1.